The number of carbonyl (C=O) groups is 2. The molecule has 128 valence electrons. The number of H-pyrrole nitrogens is 1. The largest absolute Gasteiger partial charge is 0.494 e. The van der Waals surface area contributed by atoms with E-state index in [1.54, 1.807) is 26.4 Å². The maximum absolute atomic E-state index is 12.0. The molecule has 0 unspecified atom stereocenters. The second-order valence-electron chi connectivity index (χ2n) is 5.10. The second-order valence-corrected chi connectivity index (χ2v) is 7.16. The Morgan fingerprint density at radius 3 is 2.83 bits per heavy atom. The minimum Gasteiger partial charge on any atom is -0.494 e. The van der Waals surface area contributed by atoms with E-state index in [9.17, 15) is 9.59 Å². The maximum Gasteiger partial charge on any atom is 0.231 e. The standard InChI is InChI=1S/C15H17N3O4S2/c1-21-9-3-4-10(22-2)13-12(9)17-15(18-13)24-7-11(19)16-8-5-6-23-14(8)20/h3-4,8H,5-7H2,1-2H3,(H,16,19)(H,17,18)/t8-/m0/s1. The van der Waals surface area contributed by atoms with E-state index in [1.807, 2.05) is 0 Å². The fourth-order valence-corrected chi connectivity index (χ4v) is 4.04. The zero-order chi connectivity index (χ0) is 17.1. The zero-order valence-electron chi connectivity index (χ0n) is 13.3. The molecule has 1 aliphatic rings. The monoisotopic (exact) mass is 367 g/mol. The third kappa shape index (κ3) is 3.46. The Labute approximate surface area is 147 Å². The van der Waals surface area contributed by atoms with Crippen molar-refractivity contribution < 1.29 is 19.1 Å². The van der Waals surface area contributed by atoms with Crippen molar-refractivity contribution in [3.8, 4) is 11.5 Å². The summed E-state index contributed by atoms with van der Waals surface area (Å²) in [7, 11) is 3.16. The molecule has 1 saturated heterocycles. The molecule has 0 radical (unpaired) electrons. The van der Waals surface area contributed by atoms with E-state index in [0.717, 1.165) is 11.3 Å². The van der Waals surface area contributed by atoms with Crippen molar-refractivity contribution >= 4 is 45.6 Å². The Morgan fingerprint density at radius 1 is 1.42 bits per heavy atom. The molecule has 1 aliphatic heterocycles. The number of hydrogen-bond donors (Lipinski definition) is 2. The van der Waals surface area contributed by atoms with Crippen molar-refractivity contribution in [1.82, 2.24) is 15.3 Å². The Balaban J connectivity index is 1.69. The Kier molecular flexibility index (Phi) is 5.20. The number of hydrogen-bond acceptors (Lipinski definition) is 7. The predicted octanol–water partition coefficient (Wildman–Crippen LogP) is 1.82. The first-order chi connectivity index (χ1) is 11.6. The molecule has 2 aromatic rings. The number of aromatic nitrogens is 2. The molecule has 1 fully saturated rings. The molecule has 1 aromatic heterocycles. The van der Waals surface area contributed by atoms with Crippen molar-refractivity contribution in [2.45, 2.75) is 17.6 Å². The van der Waals surface area contributed by atoms with Crippen molar-refractivity contribution in [1.29, 1.82) is 0 Å². The van der Waals surface area contributed by atoms with E-state index < -0.39 is 0 Å². The molecule has 1 atom stereocenters. The summed E-state index contributed by atoms with van der Waals surface area (Å²) in [5.41, 5.74) is 1.38. The van der Waals surface area contributed by atoms with E-state index in [1.165, 1.54) is 23.5 Å². The quantitative estimate of drug-likeness (QED) is 0.752. The molecule has 1 aromatic carbocycles. The van der Waals surface area contributed by atoms with Gasteiger partial charge in [-0.3, -0.25) is 9.59 Å². The van der Waals surface area contributed by atoms with E-state index in [4.69, 9.17) is 9.47 Å². The molecule has 0 spiro atoms. The number of aromatic amines is 1. The number of carbonyl (C=O) groups excluding carboxylic acids is 2. The van der Waals surface area contributed by atoms with E-state index in [2.05, 4.69) is 15.3 Å². The fraction of sp³-hybridized carbons (Fsp3) is 0.400. The third-order valence-corrected chi connectivity index (χ3v) is 5.48. The van der Waals surface area contributed by atoms with Gasteiger partial charge < -0.3 is 19.8 Å². The van der Waals surface area contributed by atoms with Crippen molar-refractivity contribution in [2.24, 2.45) is 0 Å². The molecule has 9 heteroatoms. The summed E-state index contributed by atoms with van der Waals surface area (Å²) in [6, 6.07) is 3.22. The highest BCUT2D eigenvalue weighted by molar-refractivity contribution is 8.14. The van der Waals surface area contributed by atoms with Crippen LogP contribution in [0.15, 0.2) is 17.3 Å². The molecule has 2 heterocycles. The van der Waals surface area contributed by atoms with Crippen LogP contribution >= 0.6 is 23.5 Å². The Bertz CT molecular complexity index is 736. The highest BCUT2D eigenvalue weighted by atomic mass is 32.2. The van der Waals surface area contributed by atoms with Crippen LogP contribution in [0, 0.1) is 0 Å². The number of thioether (sulfide) groups is 2. The fourth-order valence-electron chi connectivity index (χ4n) is 2.42. The van der Waals surface area contributed by atoms with Crippen LogP contribution in [0.4, 0.5) is 0 Å². The molecule has 7 nitrogen and oxygen atoms in total. The molecular formula is C15H17N3O4S2. The van der Waals surface area contributed by atoms with Crippen LogP contribution in [0.1, 0.15) is 6.42 Å². The van der Waals surface area contributed by atoms with E-state index in [-0.39, 0.29) is 22.8 Å². The van der Waals surface area contributed by atoms with Gasteiger partial charge in [0.05, 0.1) is 26.0 Å². The second kappa shape index (κ2) is 7.35. The number of ether oxygens (including phenoxy) is 2. The topological polar surface area (TPSA) is 93.3 Å². The normalized spacial score (nSPS) is 17.2. The lowest BCUT2D eigenvalue weighted by Crippen LogP contribution is -2.38. The minimum atomic E-state index is -0.362. The van der Waals surface area contributed by atoms with Gasteiger partial charge in [0, 0.05) is 5.75 Å². The lowest BCUT2D eigenvalue weighted by Gasteiger charge is -2.08. The summed E-state index contributed by atoms with van der Waals surface area (Å²) in [6.45, 7) is 0. The molecular weight excluding hydrogens is 350 g/mol. The van der Waals surface area contributed by atoms with Crippen LogP contribution in [0.2, 0.25) is 0 Å². The van der Waals surface area contributed by atoms with Crippen LogP contribution in [-0.4, -0.2) is 52.8 Å². The summed E-state index contributed by atoms with van der Waals surface area (Å²) < 4.78 is 10.6. The molecule has 3 rings (SSSR count). The summed E-state index contributed by atoms with van der Waals surface area (Å²) in [5.74, 6) is 2.05. The lowest BCUT2D eigenvalue weighted by atomic mass is 10.2. The number of fused-ring (bicyclic) bond motifs is 1. The van der Waals surface area contributed by atoms with Crippen LogP contribution in [0.5, 0.6) is 11.5 Å². The van der Waals surface area contributed by atoms with Gasteiger partial charge in [-0.15, -0.1) is 0 Å². The average Bonchev–Trinajstić information content (AvgIpc) is 3.18. The van der Waals surface area contributed by atoms with Gasteiger partial charge in [-0.05, 0) is 18.6 Å². The van der Waals surface area contributed by atoms with Gasteiger partial charge in [-0.1, -0.05) is 23.5 Å². The number of methoxy groups -OCH3 is 2. The minimum absolute atomic E-state index is 0.0339. The van der Waals surface area contributed by atoms with Gasteiger partial charge in [-0.2, -0.15) is 0 Å². The number of imidazole rings is 1. The highest BCUT2D eigenvalue weighted by Gasteiger charge is 2.26. The van der Waals surface area contributed by atoms with Gasteiger partial charge in [0.1, 0.15) is 22.5 Å². The highest BCUT2D eigenvalue weighted by Crippen LogP contribution is 2.33. The van der Waals surface area contributed by atoms with Crippen LogP contribution in [0.3, 0.4) is 0 Å². The van der Waals surface area contributed by atoms with Gasteiger partial charge in [0.25, 0.3) is 0 Å². The predicted molar refractivity (Wildman–Crippen MR) is 93.9 cm³/mol. The smallest absolute Gasteiger partial charge is 0.231 e. The molecule has 0 aliphatic carbocycles. The molecule has 0 saturated carbocycles. The van der Waals surface area contributed by atoms with Crippen molar-refractivity contribution in [3.05, 3.63) is 12.1 Å². The summed E-state index contributed by atoms with van der Waals surface area (Å²) in [4.78, 5) is 31.1. The van der Waals surface area contributed by atoms with Crippen LogP contribution in [0.25, 0.3) is 11.0 Å². The maximum atomic E-state index is 12.0. The molecule has 24 heavy (non-hydrogen) atoms. The number of amides is 1. The van der Waals surface area contributed by atoms with Crippen molar-refractivity contribution in [2.75, 3.05) is 25.7 Å². The number of benzene rings is 1. The van der Waals surface area contributed by atoms with E-state index in [0.29, 0.717) is 28.6 Å². The Morgan fingerprint density at radius 2 is 2.17 bits per heavy atom. The number of rotatable bonds is 6. The molecule has 2 N–H and O–H groups in total. The summed E-state index contributed by atoms with van der Waals surface area (Å²) in [5, 5.41) is 3.38. The van der Waals surface area contributed by atoms with Gasteiger partial charge >= 0.3 is 0 Å². The van der Waals surface area contributed by atoms with Gasteiger partial charge in [-0.25, -0.2) is 4.98 Å². The number of nitrogens with zero attached hydrogens (tertiary/aromatic N) is 1. The van der Waals surface area contributed by atoms with Crippen molar-refractivity contribution in [3.63, 3.8) is 0 Å². The molecule has 1 amide bonds. The van der Waals surface area contributed by atoms with Crippen LogP contribution < -0.4 is 14.8 Å². The average molecular weight is 367 g/mol. The van der Waals surface area contributed by atoms with Gasteiger partial charge in [0.2, 0.25) is 11.0 Å². The zero-order valence-corrected chi connectivity index (χ0v) is 14.9. The lowest BCUT2D eigenvalue weighted by molar-refractivity contribution is -0.122. The molecule has 0 bridgehead atoms. The Hall–Kier alpha value is -1.87. The summed E-state index contributed by atoms with van der Waals surface area (Å²) in [6.07, 6.45) is 0.693. The first-order valence-corrected chi connectivity index (χ1v) is 9.29. The third-order valence-electron chi connectivity index (χ3n) is 3.60. The SMILES string of the molecule is COc1ccc(OC)c2[nH]c(SCC(=O)N[C@H]3CCSC3=O)nc12. The van der Waals surface area contributed by atoms with Gasteiger partial charge in [0.15, 0.2) is 5.16 Å². The van der Waals surface area contributed by atoms with E-state index >= 15 is 0 Å². The first-order valence-electron chi connectivity index (χ1n) is 7.32. The number of nitrogens with one attached hydrogen (secondary N) is 2. The first kappa shape index (κ1) is 17.0. The van der Waals surface area contributed by atoms with Crippen LogP contribution in [-0.2, 0) is 9.59 Å². The summed E-state index contributed by atoms with van der Waals surface area (Å²) >= 11 is 2.54.